The van der Waals surface area contributed by atoms with Crippen LogP contribution in [0.1, 0.15) is 51.1 Å². The van der Waals surface area contributed by atoms with Gasteiger partial charge in [0, 0.05) is 25.7 Å². The topological polar surface area (TPSA) is 61.9 Å². The number of ether oxygens (including phenoxy) is 1. The molecule has 7 heteroatoms. The Morgan fingerprint density at radius 3 is 2.23 bits per heavy atom. The minimum Gasteiger partial charge on any atom is -0.497 e. The summed E-state index contributed by atoms with van der Waals surface area (Å²) in [4.78, 5) is 2.01. The quantitative estimate of drug-likeness (QED) is 0.567. The first-order chi connectivity index (χ1) is 12.4. The van der Waals surface area contributed by atoms with Crippen molar-refractivity contribution in [3.8, 4) is 5.75 Å². The monoisotopic (exact) mass is 385 g/mol. The van der Waals surface area contributed by atoms with E-state index in [-0.39, 0.29) is 6.04 Å². The van der Waals surface area contributed by atoms with Crippen molar-refractivity contribution >= 4 is 10.2 Å². The molecular formula is C19H35N3O3S. The van der Waals surface area contributed by atoms with Crippen molar-refractivity contribution in [1.29, 1.82) is 0 Å². The van der Waals surface area contributed by atoms with Gasteiger partial charge in [0.1, 0.15) is 5.75 Å². The predicted octanol–water partition coefficient (Wildman–Crippen LogP) is 3.03. The van der Waals surface area contributed by atoms with E-state index in [0.717, 1.165) is 37.0 Å². The molecule has 1 unspecified atom stereocenters. The number of likely N-dealkylation sites (N-methyl/N-ethyl adjacent to an activating group) is 1. The second-order valence-corrected chi connectivity index (χ2v) is 8.47. The van der Waals surface area contributed by atoms with Crippen LogP contribution in [0.4, 0.5) is 0 Å². The van der Waals surface area contributed by atoms with Crippen molar-refractivity contribution < 1.29 is 13.2 Å². The molecule has 26 heavy (non-hydrogen) atoms. The average Bonchev–Trinajstić information content (AvgIpc) is 2.61. The fourth-order valence-corrected chi connectivity index (χ4v) is 4.03. The normalized spacial score (nSPS) is 13.3. The van der Waals surface area contributed by atoms with E-state index in [4.69, 9.17) is 4.74 Å². The number of rotatable bonds is 13. The van der Waals surface area contributed by atoms with Crippen LogP contribution < -0.4 is 9.46 Å². The van der Waals surface area contributed by atoms with Gasteiger partial charge in [-0.25, -0.2) is 4.72 Å². The van der Waals surface area contributed by atoms with Gasteiger partial charge in [-0.05, 0) is 44.6 Å². The van der Waals surface area contributed by atoms with Crippen LogP contribution in [-0.2, 0) is 10.2 Å². The van der Waals surface area contributed by atoms with Gasteiger partial charge >= 0.3 is 0 Å². The molecule has 1 rings (SSSR count). The van der Waals surface area contributed by atoms with Crippen LogP contribution in [0.15, 0.2) is 24.3 Å². The summed E-state index contributed by atoms with van der Waals surface area (Å²) in [5, 5.41) is 0. The van der Waals surface area contributed by atoms with Gasteiger partial charge in [-0.1, -0.05) is 38.8 Å². The number of unbranched alkanes of at least 4 members (excludes halogenated alkanes) is 2. The first-order valence-corrected chi connectivity index (χ1v) is 10.8. The molecule has 0 amide bonds. The maximum atomic E-state index is 12.8. The minimum absolute atomic E-state index is 0.0703. The molecule has 1 aromatic rings. The molecule has 150 valence electrons. The molecule has 0 aliphatic heterocycles. The third kappa shape index (κ3) is 7.23. The summed E-state index contributed by atoms with van der Waals surface area (Å²) in [5.41, 5.74) is 1.02. The Hall–Kier alpha value is -1.15. The Kier molecular flexibility index (Phi) is 10.2. The summed E-state index contributed by atoms with van der Waals surface area (Å²) in [5.74, 6) is 0.768. The molecule has 0 fully saturated rings. The van der Waals surface area contributed by atoms with Crippen LogP contribution in [0.25, 0.3) is 0 Å². The van der Waals surface area contributed by atoms with Gasteiger partial charge in [-0.3, -0.25) is 0 Å². The molecule has 0 spiro atoms. The van der Waals surface area contributed by atoms with E-state index in [9.17, 15) is 8.42 Å². The molecule has 0 radical (unpaired) electrons. The number of methoxy groups -OCH3 is 1. The number of nitrogens with one attached hydrogen (secondary N) is 1. The van der Waals surface area contributed by atoms with Crippen LogP contribution in [0.3, 0.4) is 0 Å². The van der Waals surface area contributed by atoms with Crippen molar-refractivity contribution in [2.75, 3.05) is 40.8 Å². The molecule has 1 aromatic carbocycles. The van der Waals surface area contributed by atoms with E-state index in [2.05, 4.69) is 18.6 Å². The molecule has 6 nitrogen and oxygen atoms in total. The lowest BCUT2D eigenvalue weighted by atomic mass is 10.1. The van der Waals surface area contributed by atoms with Gasteiger partial charge in [0.05, 0.1) is 7.11 Å². The highest BCUT2D eigenvalue weighted by atomic mass is 32.2. The smallest absolute Gasteiger partial charge is 0.279 e. The molecule has 0 aliphatic carbocycles. The Bertz CT molecular complexity index is 612. The van der Waals surface area contributed by atoms with Gasteiger partial charge < -0.3 is 9.64 Å². The van der Waals surface area contributed by atoms with E-state index >= 15 is 0 Å². The van der Waals surface area contributed by atoms with Gasteiger partial charge in [0.15, 0.2) is 0 Å². The van der Waals surface area contributed by atoms with Crippen LogP contribution in [0.2, 0.25) is 0 Å². The van der Waals surface area contributed by atoms with Crippen LogP contribution >= 0.6 is 0 Å². The van der Waals surface area contributed by atoms with Crippen molar-refractivity contribution in [2.45, 2.75) is 45.6 Å². The van der Waals surface area contributed by atoms with Crippen LogP contribution in [-0.4, -0.2) is 58.5 Å². The fraction of sp³-hybridized carbons (Fsp3) is 0.684. The van der Waals surface area contributed by atoms with Gasteiger partial charge in [0.25, 0.3) is 10.2 Å². The first-order valence-electron chi connectivity index (χ1n) is 9.40. The van der Waals surface area contributed by atoms with Crippen LogP contribution in [0.5, 0.6) is 5.75 Å². The Labute approximate surface area is 159 Å². The predicted molar refractivity (Wildman–Crippen MR) is 108 cm³/mol. The molecule has 1 N–H and O–H groups in total. The summed E-state index contributed by atoms with van der Waals surface area (Å²) < 4.78 is 35.3. The molecule has 0 aromatic heterocycles. The summed E-state index contributed by atoms with van der Waals surface area (Å²) in [7, 11) is 2.03. The van der Waals surface area contributed by atoms with Gasteiger partial charge in [-0.2, -0.15) is 12.7 Å². The summed E-state index contributed by atoms with van der Waals surface area (Å²) in [6.45, 7) is 5.60. The zero-order chi connectivity index (χ0) is 19.6. The molecule has 1 atom stereocenters. The van der Waals surface area contributed by atoms with Crippen LogP contribution in [0, 0.1) is 0 Å². The van der Waals surface area contributed by atoms with E-state index in [1.54, 1.807) is 11.4 Å². The Balaban J connectivity index is 2.87. The maximum absolute atomic E-state index is 12.8. The molecule has 0 saturated heterocycles. The number of nitrogens with zero attached hydrogens (tertiary/aromatic N) is 2. The zero-order valence-corrected chi connectivity index (χ0v) is 17.7. The van der Waals surface area contributed by atoms with Gasteiger partial charge in [-0.15, -0.1) is 0 Å². The first kappa shape index (κ1) is 22.9. The minimum atomic E-state index is -3.49. The van der Waals surface area contributed by atoms with Crippen molar-refractivity contribution in [3.05, 3.63) is 29.8 Å². The lowest BCUT2D eigenvalue weighted by Gasteiger charge is -2.28. The summed E-state index contributed by atoms with van der Waals surface area (Å²) in [6.07, 6.45) is 3.69. The highest BCUT2D eigenvalue weighted by Crippen LogP contribution is 2.22. The highest BCUT2D eigenvalue weighted by molar-refractivity contribution is 7.87. The second-order valence-electron chi connectivity index (χ2n) is 6.72. The lowest BCUT2D eigenvalue weighted by molar-refractivity contribution is 0.295. The van der Waals surface area contributed by atoms with E-state index in [1.807, 2.05) is 43.3 Å². The standard InChI is InChI=1S/C19H35N3O3S/c1-6-8-13-22(14-9-7-2)26(23,24)20-16-19(21(3)4)17-11-10-12-18(15-17)25-5/h10-12,15,19-20H,6-9,13-14,16H2,1-5H3. The lowest BCUT2D eigenvalue weighted by Crippen LogP contribution is -2.44. The van der Waals surface area contributed by atoms with Crippen molar-refractivity contribution in [2.24, 2.45) is 0 Å². The molecular weight excluding hydrogens is 350 g/mol. The third-order valence-electron chi connectivity index (χ3n) is 4.42. The Morgan fingerprint density at radius 1 is 1.12 bits per heavy atom. The average molecular weight is 386 g/mol. The number of benzene rings is 1. The fourth-order valence-electron chi connectivity index (χ4n) is 2.74. The van der Waals surface area contributed by atoms with E-state index in [1.165, 1.54) is 0 Å². The number of hydrogen-bond donors (Lipinski definition) is 1. The summed E-state index contributed by atoms with van der Waals surface area (Å²) in [6, 6.07) is 7.68. The van der Waals surface area contributed by atoms with Gasteiger partial charge in [0.2, 0.25) is 0 Å². The number of hydrogen-bond acceptors (Lipinski definition) is 4. The van der Waals surface area contributed by atoms with Crippen molar-refractivity contribution in [1.82, 2.24) is 13.9 Å². The largest absolute Gasteiger partial charge is 0.497 e. The maximum Gasteiger partial charge on any atom is 0.279 e. The Morgan fingerprint density at radius 2 is 1.73 bits per heavy atom. The molecule has 0 aliphatic rings. The van der Waals surface area contributed by atoms with E-state index in [0.29, 0.717) is 19.6 Å². The highest BCUT2D eigenvalue weighted by Gasteiger charge is 2.23. The van der Waals surface area contributed by atoms with Crippen molar-refractivity contribution in [3.63, 3.8) is 0 Å². The molecule has 0 saturated carbocycles. The molecule has 0 heterocycles. The SMILES string of the molecule is CCCCN(CCCC)S(=O)(=O)NCC(c1cccc(OC)c1)N(C)C. The zero-order valence-electron chi connectivity index (χ0n) is 16.9. The van der Waals surface area contributed by atoms with E-state index < -0.39 is 10.2 Å². The molecule has 0 bridgehead atoms. The third-order valence-corrected chi connectivity index (χ3v) is 6.00. The second kappa shape index (κ2) is 11.5. The summed E-state index contributed by atoms with van der Waals surface area (Å²) >= 11 is 0.